The van der Waals surface area contributed by atoms with E-state index in [4.69, 9.17) is 16.0 Å². The first-order valence-electron chi connectivity index (χ1n) is 4.89. The van der Waals surface area contributed by atoms with Gasteiger partial charge in [0.2, 0.25) is 0 Å². The molecule has 1 atom stereocenters. The lowest BCUT2D eigenvalue weighted by Crippen LogP contribution is -2.09. The number of fused-ring (bicyclic) bond motifs is 1. The minimum Gasteiger partial charge on any atom is -0.468 e. The molecule has 2 aromatic rings. The number of carbonyl (C=O) groups excluding carboxylic acids is 1. The second-order valence-corrected chi connectivity index (χ2v) is 3.96. The van der Waals surface area contributed by atoms with Gasteiger partial charge in [-0.25, -0.2) is 0 Å². The van der Waals surface area contributed by atoms with Crippen molar-refractivity contribution in [2.24, 2.45) is 0 Å². The van der Waals surface area contributed by atoms with E-state index >= 15 is 0 Å². The monoisotopic (exact) mass is 238 g/mol. The number of hydrogen-bond acceptors (Lipinski definition) is 3. The molecule has 0 fully saturated rings. The van der Waals surface area contributed by atoms with E-state index in [0.717, 1.165) is 5.39 Å². The topological polar surface area (TPSA) is 39.4 Å². The molecule has 0 radical (unpaired) electrons. The molecule has 0 aliphatic carbocycles. The molecule has 2 rings (SSSR count). The second kappa shape index (κ2) is 4.18. The molecular formula is C12H11ClO3. The third-order valence-electron chi connectivity index (χ3n) is 2.50. The van der Waals surface area contributed by atoms with Crippen molar-refractivity contribution in [3.63, 3.8) is 0 Å². The van der Waals surface area contributed by atoms with Gasteiger partial charge in [-0.05, 0) is 19.1 Å². The van der Waals surface area contributed by atoms with Crippen LogP contribution >= 0.6 is 11.6 Å². The van der Waals surface area contributed by atoms with E-state index in [9.17, 15) is 4.79 Å². The maximum Gasteiger partial charge on any atom is 0.316 e. The van der Waals surface area contributed by atoms with Crippen LogP contribution < -0.4 is 0 Å². The SMILES string of the molecule is COC(=O)C(C)c1cc2cccc(Cl)c2o1. The highest BCUT2D eigenvalue weighted by atomic mass is 35.5. The number of para-hydroxylation sites is 1. The van der Waals surface area contributed by atoms with Crippen molar-refractivity contribution >= 4 is 28.5 Å². The number of benzene rings is 1. The molecule has 1 unspecified atom stereocenters. The predicted octanol–water partition coefficient (Wildman–Crippen LogP) is 3.36. The summed E-state index contributed by atoms with van der Waals surface area (Å²) in [6, 6.07) is 7.29. The van der Waals surface area contributed by atoms with Gasteiger partial charge in [0.25, 0.3) is 0 Å². The molecule has 0 spiro atoms. The van der Waals surface area contributed by atoms with Crippen LogP contribution in [0, 0.1) is 0 Å². The fourth-order valence-electron chi connectivity index (χ4n) is 1.55. The van der Waals surface area contributed by atoms with Gasteiger partial charge in [0, 0.05) is 5.39 Å². The first-order valence-corrected chi connectivity index (χ1v) is 5.27. The molecule has 84 valence electrons. The molecular weight excluding hydrogens is 228 g/mol. The molecule has 0 saturated carbocycles. The summed E-state index contributed by atoms with van der Waals surface area (Å²) in [7, 11) is 1.36. The van der Waals surface area contributed by atoms with Crippen LogP contribution in [0.2, 0.25) is 5.02 Å². The summed E-state index contributed by atoms with van der Waals surface area (Å²) < 4.78 is 10.2. The lowest BCUT2D eigenvalue weighted by atomic mass is 10.1. The van der Waals surface area contributed by atoms with E-state index in [0.29, 0.717) is 16.4 Å². The van der Waals surface area contributed by atoms with Gasteiger partial charge in [0.05, 0.1) is 12.1 Å². The van der Waals surface area contributed by atoms with Gasteiger partial charge in [0.1, 0.15) is 11.7 Å². The van der Waals surface area contributed by atoms with Crippen LogP contribution in [0.4, 0.5) is 0 Å². The molecule has 0 bridgehead atoms. The average molecular weight is 239 g/mol. The zero-order chi connectivity index (χ0) is 11.7. The maximum absolute atomic E-state index is 11.4. The van der Waals surface area contributed by atoms with Gasteiger partial charge >= 0.3 is 5.97 Å². The second-order valence-electron chi connectivity index (χ2n) is 3.55. The van der Waals surface area contributed by atoms with E-state index in [1.807, 2.05) is 18.2 Å². The third kappa shape index (κ3) is 1.78. The molecule has 0 saturated heterocycles. The van der Waals surface area contributed by atoms with Crippen LogP contribution in [0.25, 0.3) is 11.0 Å². The summed E-state index contributed by atoms with van der Waals surface area (Å²) in [6.07, 6.45) is 0. The molecule has 0 aliphatic heterocycles. The lowest BCUT2D eigenvalue weighted by molar-refractivity contribution is -0.142. The fraction of sp³-hybridized carbons (Fsp3) is 0.250. The Hall–Kier alpha value is -1.48. The van der Waals surface area contributed by atoms with E-state index in [1.54, 1.807) is 13.0 Å². The molecule has 1 heterocycles. The summed E-state index contributed by atoms with van der Waals surface area (Å²) >= 11 is 5.98. The summed E-state index contributed by atoms with van der Waals surface area (Å²) in [5.41, 5.74) is 0.606. The van der Waals surface area contributed by atoms with Crippen LogP contribution in [0.1, 0.15) is 18.6 Å². The van der Waals surface area contributed by atoms with E-state index < -0.39 is 5.92 Å². The maximum atomic E-state index is 11.4. The van der Waals surface area contributed by atoms with E-state index in [2.05, 4.69) is 4.74 Å². The average Bonchev–Trinajstić information content (AvgIpc) is 2.72. The Balaban J connectivity index is 2.47. The zero-order valence-corrected chi connectivity index (χ0v) is 9.75. The number of ether oxygens (including phenoxy) is 1. The normalized spacial score (nSPS) is 12.7. The Morgan fingerprint density at radius 1 is 1.50 bits per heavy atom. The first-order chi connectivity index (χ1) is 7.63. The van der Waals surface area contributed by atoms with Gasteiger partial charge in [-0.15, -0.1) is 0 Å². The minimum atomic E-state index is -0.423. The molecule has 16 heavy (non-hydrogen) atoms. The van der Waals surface area contributed by atoms with Crippen LogP contribution in [0.5, 0.6) is 0 Å². The molecule has 0 N–H and O–H groups in total. The van der Waals surface area contributed by atoms with Gasteiger partial charge in [-0.3, -0.25) is 4.79 Å². The van der Waals surface area contributed by atoms with Crippen molar-refractivity contribution in [3.8, 4) is 0 Å². The minimum absolute atomic E-state index is 0.324. The number of methoxy groups -OCH3 is 1. The van der Waals surface area contributed by atoms with Crippen LogP contribution in [0.15, 0.2) is 28.7 Å². The Kier molecular flexibility index (Phi) is 2.88. The Morgan fingerprint density at radius 2 is 2.25 bits per heavy atom. The quantitative estimate of drug-likeness (QED) is 0.753. The Morgan fingerprint density at radius 3 is 2.88 bits per heavy atom. The van der Waals surface area contributed by atoms with Crippen molar-refractivity contribution in [2.45, 2.75) is 12.8 Å². The van der Waals surface area contributed by atoms with Crippen LogP contribution in [-0.2, 0) is 9.53 Å². The Bertz CT molecular complexity index is 530. The van der Waals surface area contributed by atoms with Crippen LogP contribution in [-0.4, -0.2) is 13.1 Å². The van der Waals surface area contributed by atoms with Crippen LogP contribution in [0.3, 0.4) is 0 Å². The highest BCUT2D eigenvalue weighted by Gasteiger charge is 2.20. The smallest absolute Gasteiger partial charge is 0.316 e. The summed E-state index contributed by atoms with van der Waals surface area (Å²) in [6.45, 7) is 1.73. The Labute approximate surface area is 97.9 Å². The molecule has 1 aromatic carbocycles. The van der Waals surface area contributed by atoms with E-state index in [-0.39, 0.29) is 5.97 Å². The molecule has 3 nitrogen and oxygen atoms in total. The summed E-state index contributed by atoms with van der Waals surface area (Å²) in [5.74, 6) is -0.182. The number of hydrogen-bond donors (Lipinski definition) is 0. The predicted molar refractivity (Wildman–Crippen MR) is 61.7 cm³/mol. The van der Waals surface area contributed by atoms with Crippen molar-refractivity contribution in [1.82, 2.24) is 0 Å². The summed E-state index contributed by atoms with van der Waals surface area (Å²) in [5, 5.41) is 1.43. The van der Waals surface area contributed by atoms with E-state index in [1.165, 1.54) is 7.11 Å². The number of furan rings is 1. The van der Waals surface area contributed by atoms with Crippen molar-refractivity contribution in [1.29, 1.82) is 0 Å². The van der Waals surface area contributed by atoms with Gasteiger partial charge in [0.15, 0.2) is 5.58 Å². The first kappa shape index (κ1) is 11.0. The van der Waals surface area contributed by atoms with Gasteiger partial charge in [-0.2, -0.15) is 0 Å². The number of halogens is 1. The highest BCUT2D eigenvalue weighted by Crippen LogP contribution is 2.30. The fourth-order valence-corrected chi connectivity index (χ4v) is 1.77. The number of carbonyl (C=O) groups is 1. The lowest BCUT2D eigenvalue weighted by Gasteiger charge is -2.04. The van der Waals surface area contributed by atoms with Gasteiger partial charge < -0.3 is 9.15 Å². The molecule has 0 aliphatic rings. The largest absolute Gasteiger partial charge is 0.468 e. The highest BCUT2D eigenvalue weighted by molar-refractivity contribution is 6.34. The standard InChI is InChI=1S/C12H11ClO3/c1-7(12(14)15-2)10-6-8-4-3-5-9(13)11(8)16-10/h3-7H,1-2H3. The molecule has 1 aromatic heterocycles. The number of esters is 1. The summed E-state index contributed by atoms with van der Waals surface area (Å²) in [4.78, 5) is 11.4. The zero-order valence-electron chi connectivity index (χ0n) is 8.99. The third-order valence-corrected chi connectivity index (χ3v) is 2.79. The molecule has 0 amide bonds. The van der Waals surface area contributed by atoms with Crippen molar-refractivity contribution in [3.05, 3.63) is 35.0 Å². The van der Waals surface area contributed by atoms with Crippen molar-refractivity contribution in [2.75, 3.05) is 7.11 Å². The van der Waals surface area contributed by atoms with Crippen molar-refractivity contribution < 1.29 is 13.9 Å². The van der Waals surface area contributed by atoms with Gasteiger partial charge in [-0.1, -0.05) is 23.7 Å². The molecule has 4 heteroatoms. The number of rotatable bonds is 2.